The van der Waals surface area contributed by atoms with E-state index in [1.165, 1.54) is 16.9 Å². The minimum atomic E-state index is -0.125. The molecule has 1 fully saturated rings. The number of ether oxygens (including phenoxy) is 1. The molecule has 0 radical (unpaired) electrons. The molecule has 0 bridgehead atoms. The number of nitrogen functional groups attached to an aromatic ring is 1. The van der Waals surface area contributed by atoms with Crippen LogP contribution in [0.15, 0.2) is 24.3 Å². The smallest absolute Gasteiger partial charge is 0.263 e. The summed E-state index contributed by atoms with van der Waals surface area (Å²) < 4.78 is 5.38. The largest absolute Gasteiger partial charge is 0.397 e. The Morgan fingerprint density at radius 3 is 2.94 bits per heavy atom. The van der Waals surface area contributed by atoms with Gasteiger partial charge in [-0.05, 0) is 56.4 Å². The molecule has 3 aromatic heterocycles. The number of nitrogens with two attached hydrogens (primary N) is 2. The van der Waals surface area contributed by atoms with E-state index in [1.54, 1.807) is 7.11 Å². The van der Waals surface area contributed by atoms with Crippen molar-refractivity contribution in [1.82, 2.24) is 15.3 Å². The highest BCUT2D eigenvalue weighted by atomic mass is 32.1. The van der Waals surface area contributed by atoms with Crippen LogP contribution in [0.25, 0.3) is 10.2 Å². The van der Waals surface area contributed by atoms with Crippen LogP contribution < -0.4 is 21.7 Å². The summed E-state index contributed by atoms with van der Waals surface area (Å²) >= 11 is 1.35. The molecule has 3 aromatic rings. The van der Waals surface area contributed by atoms with Gasteiger partial charge >= 0.3 is 0 Å². The van der Waals surface area contributed by atoms with Crippen molar-refractivity contribution in [2.75, 3.05) is 30.9 Å². The van der Waals surface area contributed by atoms with Crippen molar-refractivity contribution in [1.29, 1.82) is 0 Å². The van der Waals surface area contributed by atoms with E-state index >= 15 is 0 Å². The molecule has 174 valence electrons. The van der Waals surface area contributed by atoms with E-state index in [0.717, 1.165) is 59.7 Å². The number of fused-ring (bicyclic) bond motifs is 2. The van der Waals surface area contributed by atoms with Gasteiger partial charge in [0.2, 0.25) is 0 Å². The van der Waals surface area contributed by atoms with Crippen molar-refractivity contribution in [3.63, 3.8) is 0 Å². The number of amides is 1. The van der Waals surface area contributed by atoms with Crippen LogP contribution in [-0.4, -0.2) is 54.3 Å². The number of methoxy groups -OCH3 is 1. The van der Waals surface area contributed by atoms with Gasteiger partial charge in [0.05, 0.1) is 18.3 Å². The SMILES string of the molecule is COC[C@H]1[C@H](N)CCN1c1ccc2c(n1)CC[C@H](NC(=O)c1sc3nc(C)ccc3c1N)C2. The summed E-state index contributed by atoms with van der Waals surface area (Å²) in [6.07, 6.45) is 3.37. The first-order chi connectivity index (χ1) is 15.9. The van der Waals surface area contributed by atoms with Gasteiger partial charge in [-0.25, -0.2) is 9.97 Å². The number of nitrogens with one attached hydrogen (secondary N) is 1. The van der Waals surface area contributed by atoms with Crippen LogP contribution in [0.3, 0.4) is 0 Å². The standard InChI is InChI=1S/C24H30N6O2S/c1-13-3-6-16-21(26)22(33-24(16)27-13)23(31)28-15-5-7-18-14(11-15)4-8-20(29-18)30-10-9-17(25)19(30)12-32-2/h3-4,6,8,15,17,19H,5,7,9-12,25-26H2,1-2H3,(H,28,31)/t15-,17+,19-/m0/s1. The van der Waals surface area contributed by atoms with Crippen LogP contribution in [0.4, 0.5) is 11.5 Å². The first-order valence-electron chi connectivity index (χ1n) is 11.4. The number of anilines is 2. The van der Waals surface area contributed by atoms with E-state index in [-0.39, 0.29) is 24.0 Å². The molecule has 5 N–H and O–H groups in total. The molecular formula is C24H30N6O2S. The van der Waals surface area contributed by atoms with E-state index in [0.29, 0.717) is 17.2 Å². The Labute approximate surface area is 197 Å². The fourth-order valence-corrected chi connectivity index (χ4v) is 5.98. The second-order valence-electron chi connectivity index (χ2n) is 9.01. The van der Waals surface area contributed by atoms with Gasteiger partial charge in [-0.15, -0.1) is 11.3 Å². The van der Waals surface area contributed by atoms with Gasteiger partial charge in [0.15, 0.2) is 0 Å². The van der Waals surface area contributed by atoms with E-state index < -0.39 is 0 Å². The lowest BCUT2D eigenvalue weighted by atomic mass is 9.91. The van der Waals surface area contributed by atoms with Gasteiger partial charge in [0.1, 0.15) is 15.5 Å². The maximum atomic E-state index is 13.0. The summed E-state index contributed by atoms with van der Waals surface area (Å²) in [5, 5.41) is 4.03. The average molecular weight is 467 g/mol. The number of carbonyl (C=O) groups is 1. The molecule has 3 atom stereocenters. The van der Waals surface area contributed by atoms with Crippen molar-refractivity contribution in [2.45, 2.75) is 50.7 Å². The summed E-state index contributed by atoms with van der Waals surface area (Å²) in [6.45, 7) is 3.43. The zero-order chi connectivity index (χ0) is 23.1. The summed E-state index contributed by atoms with van der Waals surface area (Å²) in [5.74, 6) is 0.840. The summed E-state index contributed by atoms with van der Waals surface area (Å²) in [7, 11) is 1.71. The normalized spacial score (nSPS) is 22.5. The number of thiophene rings is 1. The maximum Gasteiger partial charge on any atom is 0.263 e. The van der Waals surface area contributed by atoms with Crippen molar-refractivity contribution >= 4 is 39.0 Å². The highest BCUT2D eigenvalue weighted by Gasteiger charge is 2.33. The third-order valence-corrected chi connectivity index (χ3v) is 7.87. The lowest BCUT2D eigenvalue weighted by Gasteiger charge is -2.30. The van der Waals surface area contributed by atoms with E-state index in [2.05, 4.69) is 27.3 Å². The van der Waals surface area contributed by atoms with Crippen LogP contribution >= 0.6 is 11.3 Å². The third-order valence-electron chi connectivity index (χ3n) is 6.75. The first-order valence-corrected chi connectivity index (χ1v) is 12.2. The van der Waals surface area contributed by atoms with Gasteiger partial charge in [0.25, 0.3) is 5.91 Å². The number of aryl methyl sites for hydroxylation is 2. The molecule has 0 saturated carbocycles. The zero-order valence-corrected chi connectivity index (χ0v) is 19.8. The van der Waals surface area contributed by atoms with Crippen molar-refractivity contribution < 1.29 is 9.53 Å². The Morgan fingerprint density at radius 1 is 1.27 bits per heavy atom. The molecule has 9 heteroatoms. The molecule has 1 aliphatic carbocycles. The van der Waals surface area contributed by atoms with Crippen molar-refractivity contribution in [3.05, 3.63) is 46.1 Å². The first kappa shape index (κ1) is 22.1. The molecule has 1 saturated heterocycles. The molecule has 0 unspecified atom stereocenters. The Bertz CT molecular complexity index is 1200. The predicted molar refractivity (Wildman–Crippen MR) is 132 cm³/mol. The van der Waals surface area contributed by atoms with Crippen LogP contribution in [0.1, 0.15) is 39.5 Å². The number of pyridine rings is 2. The highest BCUT2D eigenvalue weighted by molar-refractivity contribution is 7.21. The van der Waals surface area contributed by atoms with E-state index in [4.69, 9.17) is 21.2 Å². The van der Waals surface area contributed by atoms with Crippen LogP contribution in [-0.2, 0) is 17.6 Å². The summed E-state index contributed by atoms with van der Waals surface area (Å²) in [4.78, 5) is 26.1. The van der Waals surface area contributed by atoms with Gasteiger partial charge < -0.3 is 26.4 Å². The van der Waals surface area contributed by atoms with Gasteiger partial charge in [-0.2, -0.15) is 0 Å². The van der Waals surface area contributed by atoms with Gasteiger partial charge in [-0.1, -0.05) is 6.07 Å². The third kappa shape index (κ3) is 4.16. The lowest BCUT2D eigenvalue weighted by molar-refractivity contribution is 0.0938. The minimum absolute atomic E-state index is 0.0541. The molecule has 2 aliphatic rings. The van der Waals surface area contributed by atoms with E-state index in [1.807, 2.05) is 19.1 Å². The molecule has 4 heterocycles. The average Bonchev–Trinajstić information content (AvgIpc) is 3.33. The molecular weight excluding hydrogens is 436 g/mol. The van der Waals surface area contributed by atoms with Crippen LogP contribution in [0.5, 0.6) is 0 Å². The van der Waals surface area contributed by atoms with E-state index in [9.17, 15) is 4.79 Å². The summed E-state index contributed by atoms with van der Waals surface area (Å²) in [6, 6.07) is 8.37. The lowest BCUT2D eigenvalue weighted by Crippen LogP contribution is -2.43. The Hall–Kier alpha value is -2.75. The molecule has 1 amide bonds. The zero-order valence-electron chi connectivity index (χ0n) is 19.0. The Kier molecular flexibility index (Phi) is 5.94. The van der Waals surface area contributed by atoms with Crippen molar-refractivity contribution in [3.8, 4) is 0 Å². The van der Waals surface area contributed by atoms with Crippen molar-refractivity contribution in [2.24, 2.45) is 5.73 Å². The Morgan fingerprint density at radius 2 is 2.12 bits per heavy atom. The number of aromatic nitrogens is 2. The molecule has 33 heavy (non-hydrogen) atoms. The predicted octanol–water partition coefficient (Wildman–Crippen LogP) is 2.42. The number of hydrogen-bond donors (Lipinski definition) is 3. The monoisotopic (exact) mass is 466 g/mol. The quantitative estimate of drug-likeness (QED) is 0.528. The Balaban J connectivity index is 1.29. The molecule has 1 aliphatic heterocycles. The number of rotatable bonds is 5. The number of hydrogen-bond acceptors (Lipinski definition) is 8. The fraction of sp³-hybridized carbons (Fsp3) is 0.458. The second-order valence-corrected chi connectivity index (χ2v) is 10.0. The molecule has 0 spiro atoms. The minimum Gasteiger partial charge on any atom is -0.397 e. The van der Waals surface area contributed by atoms with Crippen LogP contribution in [0.2, 0.25) is 0 Å². The second kappa shape index (κ2) is 8.89. The molecule has 5 rings (SSSR count). The molecule has 0 aromatic carbocycles. The van der Waals surface area contributed by atoms with Gasteiger partial charge in [0, 0.05) is 42.5 Å². The number of carbonyl (C=O) groups excluding carboxylic acids is 1. The van der Waals surface area contributed by atoms with Gasteiger partial charge in [-0.3, -0.25) is 4.79 Å². The maximum absolute atomic E-state index is 13.0. The highest BCUT2D eigenvalue weighted by Crippen LogP contribution is 2.33. The topological polar surface area (TPSA) is 119 Å². The van der Waals surface area contributed by atoms with Crippen LogP contribution in [0, 0.1) is 6.92 Å². The molecule has 8 nitrogen and oxygen atoms in total. The number of nitrogens with zero attached hydrogens (tertiary/aromatic N) is 3. The fourth-order valence-electron chi connectivity index (χ4n) is 4.94. The summed E-state index contributed by atoms with van der Waals surface area (Å²) in [5.41, 5.74) is 16.3.